The summed E-state index contributed by atoms with van der Waals surface area (Å²) in [6.45, 7) is 1.53. The summed E-state index contributed by atoms with van der Waals surface area (Å²) in [6, 6.07) is 7.89. The summed E-state index contributed by atoms with van der Waals surface area (Å²) in [5, 5.41) is 11.4. The quantitative estimate of drug-likeness (QED) is 0.658. The van der Waals surface area contributed by atoms with Crippen LogP contribution in [-0.4, -0.2) is 13.3 Å². The van der Waals surface area contributed by atoms with E-state index in [4.69, 9.17) is 23.2 Å². The average molecular weight is 361 g/mol. The molecule has 0 aromatic heterocycles. The topological polar surface area (TPSA) is 89.3 Å². The van der Waals surface area contributed by atoms with E-state index >= 15 is 0 Å². The van der Waals surface area contributed by atoms with Crippen LogP contribution in [0.1, 0.15) is 5.56 Å². The summed E-state index contributed by atoms with van der Waals surface area (Å²) in [5.41, 5.74) is 0.266. The Bertz CT molecular complexity index is 833. The van der Waals surface area contributed by atoms with Gasteiger partial charge in [-0.2, -0.15) is 0 Å². The van der Waals surface area contributed by atoms with Crippen molar-refractivity contribution in [3.8, 4) is 0 Å². The van der Waals surface area contributed by atoms with E-state index in [1.807, 2.05) is 0 Å². The van der Waals surface area contributed by atoms with Crippen molar-refractivity contribution in [3.05, 3.63) is 62.1 Å². The van der Waals surface area contributed by atoms with Crippen LogP contribution in [0.3, 0.4) is 0 Å². The molecule has 0 unspecified atom stereocenters. The first-order valence-corrected chi connectivity index (χ1v) is 8.17. The Morgan fingerprint density at radius 3 is 2.23 bits per heavy atom. The Kier molecular flexibility index (Phi) is 4.60. The lowest BCUT2D eigenvalue weighted by molar-refractivity contribution is -0.385. The maximum atomic E-state index is 12.3. The molecule has 0 aliphatic carbocycles. The number of hydrogen-bond acceptors (Lipinski definition) is 4. The van der Waals surface area contributed by atoms with Crippen molar-refractivity contribution in [1.82, 2.24) is 0 Å². The minimum Gasteiger partial charge on any atom is -0.280 e. The maximum Gasteiger partial charge on any atom is 0.273 e. The zero-order valence-electron chi connectivity index (χ0n) is 11.2. The van der Waals surface area contributed by atoms with Gasteiger partial charge in [0.05, 0.1) is 15.5 Å². The molecule has 6 nitrogen and oxygen atoms in total. The third kappa shape index (κ3) is 3.68. The van der Waals surface area contributed by atoms with Crippen LogP contribution in [0.15, 0.2) is 41.3 Å². The normalized spacial score (nSPS) is 11.2. The molecule has 0 fully saturated rings. The summed E-state index contributed by atoms with van der Waals surface area (Å²) < 4.78 is 26.9. The number of nitrogens with zero attached hydrogens (tertiary/aromatic N) is 1. The van der Waals surface area contributed by atoms with Crippen molar-refractivity contribution in [3.63, 3.8) is 0 Å². The second-order valence-corrected chi connectivity index (χ2v) is 7.02. The summed E-state index contributed by atoms with van der Waals surface area (Å²) >= 11 is 11.6. The van der Waals surface area contributed by atoms with E-state index in [1.165, 1.54) is 37.3 Å². The van der Waals surface area contributed by atoms with Gasteiger partial charge in [-0.1, -0.05) is 29.3 Å². The minimum absolute atomic E-state index is 0.167. The Balaban J connectivity index is 2.42. The van der Waals surface area contributed by atoms with E-state index in [9.17, 15) is 18.5 Å². The first-order chi connectivity index (χ1) is 10.2. The Morgan fingerprint density at radius 2 is 1.68 bits per heavy atom. The Labute approximate surface area is 136 Å². The van der Waals surface area contributed by atoms with Gasteiger partial charge in [-0.05, 0) is 31.2 Å². The molecule has 0 saturated carbocycles. The van der Waals surface area contributed by atoms with Crippen LogP contribution in [0.2, 0.25) is 10.0 Å². The van der Waals surface area contributed by atoms with Crippen LogP contribution >= 0.6 is 23.2 Å². The number of halogens is 2. The minimum atomic E-state index is -3.99. The van der Waals surface area contributed by atoms with Gasteiger partial charge < -0.3 is 0 Å². The number of sulfonamides is 1. The predicted molar refractivity (Wildman–Crippen MR) is 85.1 cm³/mol. The zero-order valence-corrected chi connectivity index (χ0v) is 13.5. The molecule has 2 aromatic rings. The smallest absolute Gasteiger partial charge is 0.273 e. The molecule has 0 aliphatic rings. The van der Waals surface area contributed by atoms with E-state index in [-0.39, 0.29) is 26.3 Å². The van der Waals surface area contributed by atoms with E-state index in [2.05, 4.69) is 4.72 Å². The summed E-state index contributed by atoms with van der Waals surface area (Å²) in [5.74, 6) is 0. The standard InChI is InChI=1S/C13H10Cl2N2O4S/c1-8-2-3-12(7-13(8)17(18)19)22(20,21)16-11-5-9(14)4-10(15)6-11/h2-7,16H,1H3. The third-order valence-electron chi connectivity index (χ3n) is 2.80. The molecule has 22 heavy (non-hydrogen) atoms. The second-order valence-electron chi connectivity index (χ2n) is 4.47. The predicted octanol–water partition coefficient (Wildman–Crippen LogP) is 4.01. The summed E-state index contributed by atoms with van der Waals surface area (Å²) in [6.07, 6.45) is 0. The highest BCUT2D eigenvalue weighted by molar-refractivity contribution is 7.92. The molecule has 0 saturated heterocycles. The van der Waals surface area contributed by atoms with E-state index in [0.29, 0.717) is 5.56 Å². The molecule has 0 aliphatic heterocycles. The van der Waals surface area contributed by atoms with E-state index < -0.39 is 14.9 Å². The molecular formula is C13H10Cl2N2O4S. The highest BCUT2D eigenvalue weighted by Crippen LogP contribution is 2.27. The molecule has 0 heterocycles. The second kappa shape index (κ2) is 6.12. The molecule has 0 bridgehead atoms. The van der Waals surface area contributed by atoms with Gasteiger partial charge in [-0.3, -0.25) is 14.8 Å². The largest absolute Gasteiger partial charge is 0.280 e. The summed E-state index contributed by atoms with van der Waals surface area (Å²) in [7, 11) is -3.99. The monoisotopic (exact) mass is 360 g/mol. The van der Waals surface area contributed by atoms with Gasteiger partial charge in [-0.15, -0.1) is 0 Å². The Hall–Kier alpha value is -1.83. The van der Waals surface area contributed by atoms with E-state index in [0.717, 1.165) is 6.07 Å². The van der Waals surface area contributed by atoms with Gasteiger partial charge in [0.15, 0.2) is 0 Å². The van der Waals surface area contributed by atoms with Crippen LogP contribution in [-0.2, 0) is 10.0 Å². The fraction of sp³-hybridized carbons (Fsp3) is 0.0769. The number of nitro benzene ring substituents is 1. The van der Waals surface area contributed by atoms with Crippen molar-refractivity contribution >= 4 is 44.6 Å². The lowest BCUT2D eigenvalue weighted by atomic mass is 10.2. The molecule has 2 rings (SSSR count). The number of nitro groups is 1. The zero-order chi connectivity index (χ0) is 16.5. The first kappa shape index (κ1) is 16.5. The van der Waals surface area contributed by atoms with Crippen molar-refractivity contribution < 1.29 is 13.3 Å². The number of rotatable bonds is 4. The van der Waals surface area contributed by atoms with Gasteiger partial charge in [0.1, 0.15) is 0 Å². The molecule has 9 heteroatoms. The lowest BCUT2D eigenvalue weighted by Crippen LogP contribution is -2.13. The average Bonchev–Trinajstić information content (AvgIpc) is 2.36. The maximum absolute atomic E-state index is 12.3. The van der Waals surface area contributed by atoms with Gasteiger partial charge >= 0.3 is 0 Å². The number of hydrogen-bond donors (Lipinski definition) is 1. The van der Waals surface area contributed by atoms with Crippen molar-refractivity contribution in [1.29, 1.82) is 0 Å². The number of nitrogens with one attached hydrogen (secondary N) is 1. The molecule has 0 radical (unpaired) electrons. The SMILES string of the molecule is Cc1ccc(S(=O)(=O)Nc2cc(Cl)cc(Cl)c2)cc1[N+](=O)[O-]. The molecule has 1 N–H and O–H groups in total. The van der Waals surface area contributed by atoms with Gasteiger partial charge in [0.25, 0.3) is 15.7 Å². The number of aryl methyl sites for hydroxylation is 1. The number of benzene rings is 2. The van der Waals surface area contributed by atoms with Crippen LogP contribution < -0.4 is 4.72 Å². The van der Waals surface area contributed by atoms with Crippen molar-refractivity contribution in [2.45, 2.75) is 11.8 Å². The molecule has 0 atom stereocenters. The molecule has 116 valence electrons. The third-order valence-corrected chi connectivity index (χ3v) is 4.62. The van der Waals surface area contributed by atoms with Crippen LogP contribution in [0.4, 0.5) is 11.4 Å². The first-order valence-electron chi connectivity index (χ1n) is 5.93. The van der Waals surface area contributed by atoms with E-state index in [1.54, 1.807) is 0 Å². The van der Waals surface area contributed by atoms with Crippen LogP contribution in [0.5, 0.6) is 0 Å². The molecule has 2 aromatic carbocycles. The summed E-state index contributed by atoms with van der Waals surface area (Å²) in [4.78, 5) is 10.0. The van der Waals surface area contributed by atoms with Gasteiger partial charge in [0, 0.05) is 21.7 Å². The molecule has 0 spiro atoms. The van der Waals surface area contributed by atoms with Crippen LogP contribution in [0, 0.1) is 17.0 Å². The highest BCUT2D eigenvalue weighted by atomic mass is 35.5. The Morgan fingerprint density at radius 1 is 1.09 bits per heavy atom. The van der Waals surface area contributed by atoms with Gasteiger partial charge in [-0.25, -0.2) is 8.42 Å². The van der Waals surface area contributed by atoms with Gasteiger partial charge in [0.2, 0.25) is 0 Å². The van der Waals surface area contributed by atoms with Crippen molar-refractivity contribution in [2.75, 3.05) is 4.72 Å². The van der Waals surface area contributed by atoms with Crippen LogP contribution in [0.25, 0.3) is 0 Å². The molecular weight excluding hydrogens is 351 g/mol. The van der Waals surface area contributed by atoms with Crippen molar-refractivity contribution in [2.24, 2.45) is 0 Å². The fourth-order valence-electron chi connectivity index (χ4n) is 1.78. The highest BCUT2D eigenvalue weighted by Gasteiger charge is 2.20. The fourth-order valence-corrected chi connectivity index (χ4v) is 3.37. The number of anilines is 1. The lowest BCUT2D eigenvalue weighted by Gasteiger charge is -2.09. The molecule has 0 amide bonds.